The number of nitrogen functional groups attached to an aromatic ring is 1. The minimum absolute atomic E-state index is 0.512. The highest BCUT2D eigenvalue weighted by Gasteiger charge is 2.01. The van der Waals surface area contributed by atoms with E-state index >= 15 is 0 Å². The molecule has 0 saturated heterocycles. The van der Waals surface area contributed by atoms with Gasteiger partial charge in [0.1, 0.15) is 24.7 Å². The molecule has 106 valence electrons. The largest absolute Gasteiger partial charge is 0.490 e. The zero-order chi connectivity index (χ0) is 14.5. The first-order chi connectivity index (χ1) is 9.54. The first kappa shape index (κ1) is 14.3. The number of hydrogen-bond acceptors (Lipinski definition) is 3. The zero-order valence-electron chi connectivity index (χ0n) is 12.3. The molecule has 0 radical (unpaired) electrons. The van der Waals surface area contributed by atoms with Gasteiger partial charge in [-0.25, -0.2) is 0 Å². The monoisotopic (exact) mass is 271 g/mol. The van der Waals surface area contributed by atoms with Crippen LogP contribution in [0.4, 0.5) is 5.69 Å². The highest BCUT2D eigenvalue weighted by molar-refractivity contribution is 5.47. The number of anilines is 1. The molecule has 0 aliphatic rings. The van der Waals surface area contributed by atoms with Crippen molar-refractivity contribution >= 4 is 5.69 Å². The van der Waals surface area contributed by atoms with E-state index in [1.54, 1.807) is 0 Å². The van der Waals surface area contributed by atoms with Crippen molar-refractivity contribution in [3.8, 4) is 11.5 Å². The van der Waals surface area contributed by atoms with Crippen LogP contribution in [0.25, 0.3) is 0 Å². The Balaban J connectivity index is 1.84. The lowest BCUT2D eigenvalue weighted by Gasteiger charge is -2.11. The molecule has 0 spiro atoms. The maximum Gasteiger partial charge on any atom is 0.122 e. The first-order valence-corrected chi connectivity index (χ1v) is 6.74. The van der Waals surface area contributed by atoms with Gasteiger partial charge in [-0.1, -0.05) is 6.07 Å². The van der Waals surface area contributed by atoms with Gasteiger partial charge in [-0.05, 0) is 67.8 Å². The van der Waals surface area contributed by atoms with Gasteiger partial charge in [-0.2, -0.15) is 0 Å². The lowest BCUT2D eigenvalue weighted by molar-refractivity contribution is 0.216. The predicted octanol–water partition coefficient (Wildman–Crippen LogP) is 3.65. The molecule has 0 fully saturated rings. The molecule has 0 unspecified atom stereocenters. The average molecular weight is 271 g/mol. The molecular formula is C17H21NO2. The van der Waals surface area contributed by atoms with E-state index in [2.05, 4.69) is 19.9 Å². The molecule has 0 aliphatic heterocycles. The van der Waals surface area contributed by atoms with E-state index in [0.717, 1.165) is 22.7 Å². The van der Waals surface area contributed by atoms with Gasteiger partial charge in [-0.15, -0.1) is 0 Å². The van der Waals surface area contributed by atoms with Crippen LogP contribution < -0.4 is 15.2 Å². The minimum Gasteiger partial charge on any atom is -0.490 e. The van der Waals surface area contributed by atoms with Crippen LogP contribution in [0.5, 0.6) is 11.5 Å². The predicted molar refractivity (Wildman–Crippen MR) is 82.5 cm³/mol. The Kier molecular flexibility index (Phi) is 4.51. The Morgan fingerprint density at radius 1 is 0.850 bits per heavy atom. The van der Waals surface area contributed by atoms with Crippen molar-refractivity contribution in [2.75, 3.05) is 18.9 Å². The summed E-state index contributed by atoms with van der Waals surface area (Å²) in [5, 5.41) is 0. The third kappa shape index (κ3) is 3.92. The normalized spacial score (nSPS) is 10.3. The third-order valence-electron chi connectivity index (χ3n) is 3.00. The molecule has 20 heavy (non-hydrogen) atoms. The van der Waals surface area contributed by atoms with E-state index in [4.69, 9.17) is 15.2 Å². The Morgan fingerprint density at radius 2 is 1.50 bits per heavy atom. The van der Waals surface area contributed by atoms with Crippen LogP contribution in [-0.2, 0) is 0 Å². The molecule has 3 heteroatoms. The zero-order valence-corrected chi connectivity index (χ0v) is 12.3. The lowest BCUT2D eigenvalue weighted by atomic mass is 10.1. The van der Waals surface area contributed by atoms with Crippen molar-refractivity contribution in [2.45, 2.75) is 20.8 Å². The van der Waals surface area contributed by atoms with Crippen LogP contribution in [0.15, 0.2) is 36.4 Å². The van der Waals surface area contributed by atoms with Crippen molar-refractivity contribution in [3.05, 3.63) is 53.1 Å². The maximum atomic E-state index is 5.71. The van der Waals surface area contributed by atoms with E-state index in [-0.39, 0.29) is 0 Å². The molecular weight excluding hydrogens is 250 g/mol. The first-order valence-electron chi connectivity index (χ1n) is 6.74. The van der Waals surface area contributed by atoms with Crippen molar-refractivity contribution in [1.29, 1.82) is 0 Å². The molecule has 0 amide bonds. The van der Waals surface area contributed by atoms with Crippen LogP contribution in [-0.4, -0.2) is 13.2 Å². The fourth-order valence-electron chi connectivity index (χ4n) is 2.16. The van der Waals surface area contributed by atoms with Crippen LogP contribution in [0, 0.1) is 20.8 Å². The molecule has 0 heterocycles. The van der Waals surface area contributed by atoms with Crippen LogP contribution in [0.1, 0.15) is 16.7 Å². The van der Waals surface area contributed by atoms with Crippen molar-refractivity contribution < 1.29 is 9.47 Å². The molecule has 0 aromatic heterocycles. The SMILES string of the molecule is Cc1cc(C)cc(OCCOc2ccc(N)cc2C)c1. The van der Waals surface area contributed by atoms with E-state index in [0.29, 0.717) is 13.2 Å². The van der Waals surface area contributed by atoms with Crippen LogP contribution in [0.3, 0.4) is 0 Å². The Hall–Kier alpha value is -2.16. The van der Waals surface area contributed by atoms with Gasteiger partial charge in [-0.3, -0.25) is 0 Å². The van der Waals surface area contributed by atoms with E-state index in [9.17, 15) is 0 Å². The van der Waals surface area contributed by atoms with Crippen LogP contribution >= 0.6 is 0 Å². The van der Waals surface area contributed by atoms with Gasteiger partial charge in [0, 0.05) is 5.69 Å². The second-order valence-electron chi connectivity index (χ2n) is 5.05. The Bertz CT molecular complexity index is 573. The fourth-order valence-corrected chi connectivity index (χ4v) is 2.16. The van der Waals surface area contributed by atoms with Crippen molar-refractivity contribution in [3.63, 3.8) is 0 Å². The van der Waals surface area contributed by atoms with E-state index in [1.807, 2.05) is 37.3 Å². The summed E-state index contributed by atoms with van der Waals surface area (Å²) < 4.78 is 11.4. The topological polar surface area (TPSA) is 44.5 Å². The molecule has 0 aliphatic carbocycles. The Labute approximate surface area is 120 Å². The number of hydrogen-bond donors (Lipinski definition) is 1. The minimum atomic E-state index is 0.512. The van der Waals surface area contributed by atoms with Gasteiger partial charge in [0.2, 0.25) is 0 Å². The van der Waals surface area contributed by atoms with Crippen LogP contribution in [0.2, 0.25) is 0 Å². The summed E-state index contributed by atoms with van der Waals surface area (Å²) in [4.78, 5) is 0. The van der Waals surface area contributed by atoms with Crippen molar-refractivity contribution in [1.82, 2.24) is 0 Å². The summed E-state index contributed by atoms with van der Waals surface area (Å²) >= 11 is 0. The molecule has 2 N–H and O–H groups in total. The van der Waals surface area contributed by atoms with E-state index in [1.165, 1.54) is 11.1 Å². The number of nitrogens with two attached hydrogens (primary N) is 1. The highest BCUT2D eigenvalue weighted by Crippen LogP contribution is 2.20. The smallest absolute Gasteiger partial charge is 0.122 e. The van der Waals surface area contributed by atoms with Gasteiger partial charge in [0.25, 0.3) is 0 Å². The number of ether oxygens (including phenoxy) is 2. The number of benzene rings is 2. The molecule has 3 nitrogen and oxygen atoms in total. The summed E-state index contributed by atoms with van der Waals surface area (Å²) in [6, 6.07) is 11.8. The molecule has 0 bridgehead atoms. The second kappa shape index (κ2) is 6.33. The van der Waals surface area contributed by atoms with Gasteiger partial charge < -0.3 is 15.2 Å². The fraction of sp³-hybridized carbons (Fsp3) is 0.294. The molecule has 0 atom stereocenters. The second-order valence-corrected chi connectivity index (χ2v) is 5.05. The summed E-state index contributed by atoms with van der Waals surface area (Å²) in [5.41, 5.74) is 9.90. The number of aryl methyl sites for hydroxylation is 3. The maximum absolute atomic E-state index is 5.71. The average Bonchev–Trinajstić information content (AvgIpc) is 2.35. The molecule has 2 aromatic rings. The third-order valence-corrected chi connectivity index (χ3v) is 3.00. The summed E-state index contributed by atoms with van der Waals surface area (Å²) in [5.74, 6) is 1.74. The lowest BCUT2D eigenvalue weighted by Crippen LogP contribution is -2.09. The standard InChI is InChI=1S/C17H21NO2/c1-12-8-13(2)10-16(9-12)19-6-7-20-17-5-4-15(18)11-14(17)3/h4-5,8-11H,6-7,18H2,1-3H3. The Morgan fingerprint density at radius 3 is 2.15 bits per heavy atom. The summed E-state index contributed by atoms with van der Waals surface area (Å²) in [7, 11) is 0. The quantitative estimate of drug-likeness (QED) is 0.667. The molecule has 2 aromatic carbocycles. The molecule has 0 saturated carbocycles. The van der Waals surface area contributed by atoms with E-state index < -0.39 is 0 Å². The summed E-state index contributed by atoms with van der Waals surface area (Å²) in [6.07, 6.45) is 0. The van der Waals surface area contributed by atoms with Crippen molar-refractivity contribution in [2.24, 2.45) is 0 Å². The van der Waals surface area contributed by atoms with Gasteiger partial charge in [0.15, 0.2) is 0 Å². The highest BCUT2D eigenvalue weighted by atomic mass is 16.5. The van der Waals surface area contributed by atoms with Gasteiger partial charge in [0.05, 0.1) is 0 Å². The summed E-state index contributed by atoms with van der Waals surface area (Å²) in [6.45, 7) is 7.14. The number of rotatable bonds is 5. The molecule has 2 rings (SSSR count). The van der Waals surface area contributed by atoms with Gasteiger partial charge >= 0.3 is 0 Å².